The van der Waals surface area contributed by atoms with Gasteiger partial charge in [0.15, 0.2) is 0 Å². The quantitative estimate of drug-likeness (QED) is 0.649. The average molecular weight is 251 g/mol. The van der Waals surface area contributed by atoms with Crippen LogP contribution in [0.4, 0.5) is 0 Å². The predicted molar refractivity (Wildman–Crippen MR) is 70.4 cm³/mol. The highest BCUT2D eigenvalue weighted by atomic mass is 16.5. The number of aldehydes is 1. The molecule has 0 aromatic rings. The van der Waals surface area contributed by atoms with Crippen LogP contribution < -0.4 is 0 Å². The van der Waals surface area contributed by atoms with Crippen molar-refractivity contribution in [2.24, 2.45) is 17.3 Å². The zero-order chi connectivity index (χ0) is 12.4. The molecule has 1 heterocycles. The Balaban J connectivity index is 1.58. The molecule has 1 aliphatic heterocycles. The molecule has 102 valence electrons. The molecule has 0 aromatic carbocycles. The molecule has 3 aliphatic rings. The summed E-state index contributed by atoms with van der Waals surface area (Å²) in [5.41, 5.74) is -0.109. The molecular formula is C15H25NO2. The fourth-order valence-corrected chi connectivity index (χ4v) is 3.07. The Hall–Kier alpha value is -0.410. The van der Waals surface area contributed by atoms with Crippen LogP contribution in [0.5, 0.6) is 0 Å². The highest BCUT2D eigenvalue weighted by Gasteiger charge is 2.37. The number of hydrogen-bond acceptors (Lipinski definition) is 3. The number of carbonyl (C=O) groups is 1. The molecule has 3 heteroatoms. The third-order valence-electron chi connectivity index (χ3n) is 4.70. The van der Waals surface area contributed by atoms with E-state index in [1.165, 1.54) is 45.1 Å². The van der Waals surface area contributed by atoms with Crippen LogP contribution in [-0.2, 0) is 9.53 Å². The van der Waals surface area contributed by atoms with Crippen LogP contribution in [0.1, 0.15) is 38.5 Å². The highest BCUT2D eigenvalue weighted by Crippen LogP contribution is 2.36. The Morgan fingerprint density at radius 1 is 1.06 bits per heavy atom. The lowest BCUT2D eigenvalue weighted by Gasteiger charge is -2.37. The third-order valence-corrected chi connectivity index (χ3v) is 4.70. The van der Waals surface area contributed by atoms with Crippen molar-refractivity contribution in [2.75, 3.05) is 32.8 Å². The molecule has 3 fully saturated rings. The minimum absolute atomic E-state index is 0.109. The van der Waals surface area contributed by atoms with Gasteiger partial charge in [-0.2, -0.15) is 0 Å². The Kier molecular flexibility index (Phi) is 3.71. The summed E-state index contributed by atoms with van der Waals surface area (Å²) in [5, 5.41) is 0. The van der Waals surface area contributed by atoms with Crippen molar-refractivity contribution in [3.8, 4) is 0 Å². The van der Waals surface area contributed by atoms with E-state index in [-0.39, 0.29) is 5.41 Å². The molecule has 0 N–H and O–H groups in total. The maximum Gasteiger partial charge on any atom is 0.127 e. The van der Waals surface area contributed by atoms with Crippen molar-refractivity contribution in [1.29, 1.82) is 0 Å². The van der Waals surface area contributed by atoms with Gasteiger partial charge in [0.25, 0.3) is 0 Å². The van der Waals surface area contributed by atoms with E-state index in [0.717, 1.165) is 44.4 Å². The minimum atomic E-state index is -0.109. The minimum Gasteiger partial charge on any atom is -0.381 e. The zero-order valence-electron chi connectivity index (χ0n) is 11.3. The van der Waals surface area contributed by atoms with Crippen molar-refractivity contribution in [3.63, 3.8) is 0 Å². The summed E-state index contributed by atoms with van der Waals surface area (Å²) >= 11 is 0. The van der Waals surface area contributed by atoms with Crippen LogP contribution in [0.3, 0.4) is 0 Å². The highest BCUT2D eigenvalue weighted by molar-refractivity contribution is 5.60. The molecule has 0 unspecified atom stereocenters. The van der Waals surface area contributed by atoms with Gasteiger partial charge in [0.2, 0.25) is 0 Å². The van der Waals surface area contributed by atoms with E-state index in [0.29, 0.717) is 0 Å². The second-order valence-electron chi connectivity index (χ2n) is 6.67. The number of nitrogens with zero attached hydrogens (tertiary/aromatic N) is 1. The molecule has 0 atom stereocenters. The molecule has 1 saturated heterocycles. The largest absolute Gasteiger partial charge is 0.381 e. The van der Waals surface area contributed by atoms with Gasteiger partial charge in [0, 0.05) is 38.3 Å². The topological polar surface area (TPSA) is 29.5 Å². The lowest BCUT2D eigenvalue weighted by Crippen LogP contribution is -2.44. The molecule has 3 rings (SSSR count). The molecule has 2 saturated carbocycles. The first-order valence-corrected chi connectivity index (χ1v) is 7.56. The van der Waals surface area contributed by atoms with Gasteiger partial charge in [-0.05, 0) is 50.4 Å². The summed E-state index contributed by atoms with van der Waals surface area (Å²) in [7, 11) is 0. The van der Waals surface area contributed by atoms with Crippen LogP contribution in [0.2, 0.25) is 0 Å². The van der Waals surface area contributed by atoms with E-state index in [4.69, 9.17) is 4.74 Å². The van der Waals surface area contributed by atoms with E-state index >= 15 is 0 Å². The number of carbonyl (C=O) groups excluding carboxylic acids is 1. The molecular weight excluding hydrogens is 226 g/mol. The molecule has 0 amide bonds. The molecule has 3 nitrogen and oxygen atoms in total. The second kappa shape index (κ2) is 5.30. The van der Waals surface area contributed by atoms with Crippen LogP contribution in [0.25, 0.3) is 0 Å². The fourth-order valence-electron chi connectivity index (χ4n) is 3.07. The van der Waals surface area contributed by atoms with Gasteiger partial charge >= 0.3 is 0 Å². The van der Waals surface area contributed by atoms with Crippen LogP contribution in [0.15, 0.2) is 0 Å². The summed E-state index contributed by atoms with van der Waals surface area (Å²) in [6.07, 6.45) is 8.67. The van der Waals surface area contributed by atoms with Crippen molar-refractivity contribution < 1.29 is 9.53 Å². The lowest BCUT2D eigenvalue weighted by atomic mass is 9.81. The predicted octanol–water partition coefficient (Wildman–Crippen LogP) is 2.10. The van der Waals surface area contributed by atoms with Gasteiger partial charge in [0.1, 0.15) is 6.29 Å². The maximum absolute atomic E-state index is 11.5. The van der Waals surface area contributed by atoms with E-state index < -0.39 is 0 Å². The van der Waals surface area contributed by atoms with Gasteiger partial charge in [-0.3, -0.25) is 0 Å². The number of rotatable bonds is 7. The van der Waals surface area contributed by atoms with Crippen LogP contribution >= 0.6 is 0 Å². The SMILES string of the molecule is O=CC1(CN(CC2CC2)CC2CC2)CCOCC1. The molecule has 0 spiro atoms. The first-order chi connectivity index (χ1) is 8.80. The van der Waals surface area contributed by atoms with Crippen molar-refractivity contribution in [1.82, 2.24) is 4.90 Å². The smallest absolute Gasteiger partial charge is 0.127 e. The van der Waals surface area contributed by atoms with Crippen molar-refractivity contribution in [2.45, 2.75) is 38.5 Å². The summed E-state index contributed by atoms with van der Waals surface area (Å²) in [5.74, 6) is 1.85. The standard InChI is InChI=1S/C15H25NO2/c17-12-15(5-7-18-8-6-15)11-16(9-13-1-2-13)10-14-3-4-14/h12-14H,1-11H2. The zero-order valence-corrected chi connectivity index (χ0v) is 11.3. The Morgan fingerprint density at radius 2 is 1.61 bits per heavy atom. The van der Waals surface area contributed by atoms with Crippen molar-refractivity contribution >= 4 is 6.29 Å². The molecule has 0 bridgehead atoms. The average Bonchev–Trinajstić information content (AvgIpc) is 3.27. The Morgan fingerprint density at radius 3 is 2.06 bits per heavy atom. The van der Waals surface area contributed by atoms with Gasteiger partial charge in [-0.15, -0.1) is 0 Å². The summed E-state index contributed by atoms with van der Waals surface area (Å²) in [6, 6.07) is 0. The maximum atomic E-state index is 11.5. The number of hydrogen-bond donors (Lipinski definition) is 0. The Labute approximate surface area is 110 Å². The second-order valence-corrected chi connectivity index (χ2v) is 6.67. The molecule has 0 aromatic heterocycles. The number of ether oxygens (including phenoxy) is 1. The van der Waals surface area contributed by atoms with Gasteiger partial charge < -0.3 is 14.4 Å². The van der Waals surface area contributed by atoms with Crippen molar-refractivity contribution in [3.05, 3.63) is 0 Å². The van der Waals surface area contributed by atoms with Gasteiger partial charge in [-0.25, -0.2) is 0 Å². The Bertz CT molecular complexity index is 277. The van der Waals surface area contributed by atoms with Gasteiger partial charge in [-0.1, -0.05) is 0 Å². The first kappa shape index (κ1) is 12.6. The van der Waals surface area contributed by atoms with E-state index in [1.54, 1.807) is 0 Å². The van der Waals surface area contributed by atoms with E-state index in [2.05, 4.69) is 4.90 Å². The fraction of sp³-hybridized carbons (Fsp3) is 0.933. The summed E-state index contributed by atoms with van der Waals surface area (Å²) < 4.78 is 5.42. The molecule has 18 heavy (non-hydrogen) atoms. The van der Waals surface area contributed by atoms with E-state index in [1.807, 2.05) is 0 Å². The lowest BCUT2D eigenvalue weighted by molar-refractivity contribution is -0.123. The summed E-state index contributed by atoms with van der Waals surface area (Å²) in [4.78, 5) is 14.1. The monoisotopic (exact) mass is 251 g/mol. The van der Waals surface area contributed by atoms with Crippen LogP contribution in [-0.4, -0.2) is 44.0 Å². The summed E-state index contributed by atoms with van der Waals surface area (Å²) in [6.45, 7) is 4.96. The molecule has 2 aliphatic carbocycles. The molecule has 0 radical (unpaired) electrons. The van der Waals surface area contributed by atoms with Crippen LogP contribution in [0, 0.1) is 17.3 Å². The normalized spacial score (nSPS) is 27.4. The van der Waals surface area contributed by atoms with E-state index in [9.17, 15) is 4.79 Å². The third kappa shape index (κ3) is 3.33. The first-order valence-electron chi connectivity index (χ1n) is 7.56. The van der Waals surface area contributed by atoms with Gasteiger partial charge in [0.05, 0.1) is 0 Å².